The molecule has 3 aliphatic rings. The smallest absolute Gasteiger partial charge is 0.209 e. The lowest BCUT2D eigenvalue weighted by Gasteiger charge is -2.20. The Morgan fingerprint density at radius 3 is 1.76 bits per heavy atom. The standard InChI is InChI=1S/C15H17NO2.C15H17NO.C2H6/c1-17-13-7-5-12(6-8-13)15(11-16)14(18-15)9-3-2-4-10-14;1-17-14-9-7-13(8-10-14)15(11-16)12-5-3-2-4-6-12;1-2/h5-8H,2-4,9-10H2,1H3;7-10H,2-6H2,1H3;1-2H3. The molecule has 37 heavy (non-hydrogen) atoms. The van der Waals surface area contributed by atoms with Crippen molar-refractivity contribution < 1.29 is 14.2 Å². The van der Waals surface area contributed by atoms with Gasteiger partial charge in [-0.3, -0.25) is 0 Å². The van der Waals surface area contributed by atoms with E-state index in [0.29, 0.717) is 0 Å². The highest BCUT2D eigenvalue weighted by Crippen LogP contribution is 2.62. The molecule has 3 fully saturated rings. The highest BCUT2D eigenvalue weighted by Gasteiger charge is 2.71. The summed E-state index contributed by atoms with van der Waals surface area (Å²) in [6, 6.07) is 20.2. The monoisotopic (exact) mass is 500 g/mol. The van der Waals surface area contributed by atoms with E-state index in [9.17, 15) is 10.5 Å². The molecule has 2 saturated carbocycles. The molecule has 1 unspecified atom stereocenters. The van der Waals surface area contributed by atoms with Crippen LogP contribution in [0.1, 0.15) is 89.2 Å². The Morgan fingerprint density at radius 2 is 1.27 bits per heavy atom. The predicted molar refractivity (Wildman–Crippen MR) is 147 cm³/mol. The van der Waals surface area contributed by atoms with Crippen molar-refractivity contribution >= 4 is 5.57 Å². The Morgan fingerprint density at radius 1 is 0.757 bits per heavy atom. The Bertz CT molecular complexity index is 1110. The lowest BCUT2D eigenvalue weighted by Crippen LogP contribution is -2.25. The van der Waals surface area contributed by atoms with E-state index in [1.807, 2.05) is 62.4 Å². The summed E-state index contributed by atoms with van der Waals surface area (Å²) in [7, 11) is 3.30. The highest BCUT2D eigenvalue weighted by molar-refractivity contribution is 5.79. The van der Waals surface area contributed by atoms with Crippen LogP contribution in [0.2, 0.25) is 0 Å². The molecule has 5 heteroatoms. The second-order valence-corrected chi connectivity index (χ2v) is 9.56. The fourth-order valence-corrected chi connectivity index (χ4v) is 5.52. The number of methoxy groups -OCH3 is 2. The molecule has 5 nitrogen and oxygen atoms in total. The van der Waals surface area contributed by atoms with Crippen LogP contribution in [-0.2, 0) is 10.3 Å². The summed E-state index contributed by atoms with van der Waals surface area (Å²) in [6.07, 6.45) is 11.5. The molecule has 0 N–H and O–H groups in total. The molecular weight excluding hydrogens is 460 g/mol. The van der Waals surface area contributed by atoms with Gasteiger partial charge in [-0.25, -0.2) is 0 Å². The normalized spacial score (nSPS) is 21.1. The minimum Gasteiger partial charge on any atom is -0.497 e. The third kappa shape index (κ3) is 6.17. The third-order valence-corrected chi connectivity index (χ3v) is 7.56. The van der Waals surface area contributed by atoms with Crippen LogP contribution in [0.15, 0.2) is 54.1 Å². The maximum absolute atomic E-state index is 9.55. The molecule has 0 amide bonds. The number of allylic oxidation sites excluding steroid dienone is 2. The fraction of sp³-hybridized carbons (Fsp3) is 0.500. The number of hydrogen-bond acceptors (Lipinski definition) is 5. The molecule has 0 radical (unpaired) electrons. The van der Waals surface area contributed by atoms with Gasteiger partial charge in [-0.15, -0.1) is 0 Å². The van der Waals surface area contributed by atoms with Gasteiger partial charge in [0.05, 0.1) is 25.9 Å². The van der Waals surface area contributed by atoms with Crippen molar-refractivity contribution in [2.45, 2.75) is 89.3 Å². The number of benzene rings is 2. The van der Waals surface area contributed by atoms with Gasteiger partial charge in [-0.1, -0.05) is 57.2 Å². The van der Waals surface area contributed by atoms with Crippen LogP contribution in [0.25, 0.3) is 5.57 Å². The van der Waals surface area contributed by atoms with Gasteiger partial charge in [-0.05, 0) is 80.5 Å². The van der Waals surface area contributed by atoms with E-state index in [1.54, 1.807) is 14.2 Å². The Balaban J connectivity index is 0.000000193. The van der Waals surface area contributed by atoms with Crippen molar-refractivity contribution in [3.8, 4) is 23.6 Å². The molecule has 1 aliphatic heterocycles. The lowest BCUT2D eigenvalue weighted by molar-refractivity contribution is 0.229. The van der Waals surface area contributed by atoms with Crippen molar-refractivity contribution in [1.82, 2.24) is 0 Å². The average molecular weight is 501 g/mol. The second-order valence-electron chi connectivity index (χ2n) is 9.56. The summed E-state index contributed by atoms with van der Waals surface area (Å²) < 4.78 is 16.2. The van der Waals surface area contributed by atoms with Crippen molar-refractivity contribution in [3.63, 3.8) is 0 Å². The quantitative estimate of drug-likeness (QED) is 0.313. The van der Waals surface area contributed by atoms with Crippen LogP contribution in [-0.4, -0.2) is 19.8 Å². The largest absolute Gasteiger partial charge is 0.497 e. The lowest BCUT2D eigenvalue weighted by atomic mass is 9.77. The molecule has 1 saturated heterocycles. The summed E-state index contributed by atoms with van der Waals surface area (Å²) in [5.41, 5.74) is 3.25. The summed E-state index contributed by atoms with van der Waals surface area (Å²) in [5.74, 6) is 1.64. The summed E-state index contributed by atoms with van der Waals surface area (Å²) in [4.78, 5) is 0. The molecule has 1 heterocycles. The molecule has 2 aromatic carbocycles. The van der Waals surface area contributed by atoms with Crippen LogP contribution < -0.4 is 9.47 Å². The van der Waals surface area contributed by atoms with E-state index in [0.717, 1.165) is 53.9 Å². The van der Waals surface area contributed by atoms with E-state index in [-0.39, 0.29) is 5.60 Å². The summed E-state index contributed by atoms with van der Waals surface area (Å²) >= 11 is 0. The zero-order chi connectivity index (χ0) is 26.7. The van der Waals surface area contributed by atoms with Crippen molar-refractivity contribution in [1.29, 1.82) is 10.5 Å². The minimum atomic E-state index is -0.709. The third-order valence-electron chi connectivity index (χ3n) is 7.56. The SMILES string of the molecule is CC.COc1ccc(C(C#N)=C2CCCCC2)cc1.COc1ccc(C2(C#N)OC23CCCCC3)cc1. The Labute approximate surface area is 222 Å². The first kappa shape index (κ1) is 28.3. The molecule has 1 spiro atoms. The topological polar surface area (TPSA) is 78.6 Å². The van der Waals surface area contributed by atoms with Crippen LogP contribution in [0, 0.1) is 22.7 Å². The zero-order valence-electron chi connectivity index (χ0n) is 22.8. The number of hydrogen-bond donors (Lipinski definition) is 0. The maximum atomic E-state index is 9.55. The van der Waals surface area contributed by atoms with Gasteiger partial charge in [-0.2, -0.15) is 10.5 Å². The van der Waals surface area contributed by atoms with Crippen molar-refractivity contribution in [2.24, 2.45) is 0 Å². The molecule has 1 atom stereocenters. The first-order chi connectivity index (χ1) is 18.1. The highest BCUT2D eigenvalue weighted by atomic mass is 16.6. The predicted octanol–water partition coefficient (Wildman–Crippen LogP) is 8.11. The summed E-state index contributed by atoms with van der Waals surface area (Å²) in [6.45, 7) is 4.00. The zero-order valence-corrected chi connectivity index (χ0v) is 22.8. The maximum Gasteiger partial charge on any atom is 0.209 e. The van der Waals surface area contributed by atoms with E-state index in [2.05, 4.69) is 12.1 Å². The number of ether oxygens (including phenoxy) is 3. The molecule has 5 rings (SSSR count). The van der Waals surface area contributed by atoms with Gasteiger partial charge in [0.2, 0.25) is 5.60 Å². The van der Waals surface area contributed by atoms with Gasteiger partial charge in [0, 0.05) is 5.56 Å². The number of nitriles is 2. The van der Waals surface area contributed by atoms with E-state index < -0.39 is 5.60 Å². The van der Waals surface area contributed by atoms with E-state index in [1.165, 1.54) is 44.1 Å². The molecule has 0 bridgehead atoms. The van der Waals surface area contributed by atoms with Crippen LogP contribution in [0.5, 0.6) is 11.5 Å². The Hall–Kier alpha value is -3.28. The van der Waals surface area contributed by atoms with Gasteiger partial charge in [0.15, 0.2) is 0 Å². The number of nitrogens with zero attached hydrogens (tertiary/aromatic N) is 2. The van der Waals surface area contributed by atoms with Gasteiger partial charge < -0.3 is 14.2 Å². The first-order valence-electron chi connectivity index (χ1n) is 13.6. The molecule has 0 aromatic heterocycles. The summed E-state index contributed by atoms with van der Waals surface area (Å²) in [5, 5.41) is 18.9. The number of rotatable bonds is 4. The van der Waals surface area contributed by atoms with Crippen molar-refractivity contribution in [2.75, 3.05) is 14.2 Å². The fourth-order valence-electron chi connectivity index (χ4n) is 5.52. The molecule has 196 valence electrons. The number of epoxide rings is 1. The van der Waals surface area contributed by atoms with E-state index in [4.69, 9.17) is 14.2 Å². The second kappa shape index (κ2) is 13.3. The Kier molecular flexibility index (Phi) is 10.2. The molecule has 2 aromatic rings. The van der Waals surface area contributed by atoms with Gasteiger partial charge >= 0.3 is 0 Å². The molecular formula is C32H40N2O3. The van der Waals surface area contributed by atoms with Crippen LogP contribution in [0.4, 0.5) is 0 Å². The minimum absolute atomic E-state index is 0.214. The van der Waals surface area contributed by atoms with Crippen LogP contribution >= 0.6 is 0 Å². The van der Waals surface area contributed by atoms with Crippen molar-refractivity contribution in [3.05, 3.63) is 65.2 Å². The first-order valence-corrected chi connectivity index (χ1v) is 13.6. The van der Waals surface area contributed by atoms with Gasteiger partial charge in [0.25, 0.3) is 0 Å². The van der Waals surface area contributed by atoms with Crippen LogP contribution in [0.3, 0.4) is 0 Å². The van der Waals surface area contributed by atoms with Gasteiger partial charge in [0.1, 0.15) is 23.2 Å². The van der Waals surface area contributed by atoms with E-state index >= 15 is 0 Å². The molecule has 2 aliphatic carbocycles. The average Bonchev–Trinajstić information content (AvgIpc) is 3.62.